The second kappa shape index (κ2) is 7.31. The highest BCUT2D eigenvalue weighted by molar-refractivity contribution is 5.91. The molecule has 23 heavy (non-hydrogen) atoms. The number of anilines is 2. The first-order valence-corrected chi connectivity index (χ1v) is 8.26. The second-order valence-electron chi connectivity index (χ2n) is 6.00. The van der Waals surface area contributed by atoms with E-state index in [2.05, 4.69) is 27.3 Å². The summed E-state index contributed by atoms with van der Waals surface area (Å²) in [4.78, 5) is 18.6. The number of carbonyl (C=O) groups excluding carboxylic acids is 1. The molecule has 0 aliphatic carbocycles. The van der Waals surface area contributed by atoms with E-state index in [9.17, 15) is 4.79 Å². The number of aromatic nitrogens is 1. The fraction of sp³-hybridized carbons (Fsp3) is 0.444. The summed E-state index contributed by atoms with van der Waals surface area (Å²) in [7, 11) is 0. The third kappa shape index (κ3) is 4.34. The molecule has 1 aromatic carbocycles. The van der Waals surface area contributed by atoms with Gasteiger partial charge in [-0.2, -0.15) is 0 Å². The van der Waals surface area contributed by atoms with Gasteiger partial charge in [0.2, 0.25) is 5.91 Å². The SMILES string of the molecule is Cc1nc(CCC(=O)Nc2ccc(N3CCCCC3)cc2)co1. The lowest BCUT2D eigenvalue weighted by atomic mass is 10.1. The van der Waals surface area contributed by atoms with Crippen molar-refractivity contribution in [3.63, 3.8) is 0 Å². The van der Waals surface area contributed by atoms with Crippen molar-refractivity contribution in [2.45, 2.75) is 39.0 Å². The lowest BCUT2D eigenvalue weighted by Crippen LogP contribution is -2.29. The first-order chi connectivity index (χ1) is 11.2. The standard InChI is InChI=1S/C18H23N3O2/c1-14-19-16(13-23-14)7-10-18(22)20-15-5-8-17(9-6-15)21-11-3-2-4-12-21/h5-6,8-9,13H,2-4,7,10-12H2,1H3,(H,20,22). The predicted octanol–water partition coefficient (Wildman–Crippen LogP) is 3.54. The molecule has 1 aliphatic rings. The number of rotatable bonds is 5. The van der Waals surface area contributed by atoms with Gasteiger partial charge < -0.3 is 14.6 Å². The minimum absolute atomic E-state index is 0.00336. The molecule has 5 heteroatoms. The zero-order valence-corrected chi connectivity index (χ0v) is 13.5. The van der Waals surface area contributed by atoms with Crippen molar-refractivity contribution in [1.29, 1.82) is 0 Å². The zero-order valence-electron chi connectivity index (χ0n) is 13.5. The lowest BCUT2D eigenvalue weighted by Gasteiger charge is -2.28. The summed E-state index contributed by atoms with van der Waals surface area (Å²) in [6.45, 7) is 4.05. The van der Waals surface area contributed by atoms with Crippen molar-refractivity contribution >= 4 is 17.3 Å². The van der Waals surface area contributed by atoms with Crippen LogP contribution in [-0.4, -0.2) is 24.0 Å². The molecule has 0 radical (unpaired) electrons. The Kier molecular flexibility index (Phi) is 4.95. The summed E-state index contributed by atoms with van der Waals surface area (Å²) in [6, 6.07) is 8.12. The summed E-state index contributed by atoms with van der Waals surface area (Å²) in [6.07, 6.45) is 6.46. The molecular formula is C18H23N3O2. The Labute approximate surface area is 136 Å². The molecule has 1 fully saturated rings. The molecule has 5 nitrogen and oxygen atoms in total. The molecule has 1 aromatic heterocycles. The minimum Gasteiger partial charge on any atom is -0.449 e. The highest BCUT2D eigenvalue weighted by Crippen LogP contribution is 2.21. The van der Waals surface area contributed by atoms with Gasteiger partial charge in [-0.15, -0.1) is 0 Å². The van der Waals surface area contributed by atoms with Gasteiger partial charge in [-0.25, -0.2) is 4.98 Å². The van der Waals surface area contributed by atoms with E-state index < -0.39 is 0 Å². The number of piperidine rings is 1. The summed E-state index contributed by atoms with van der Waals surface area (Å²) in [5.41, 5.74) is 2.89. The number of hydrogen-bond donors (Lipinski definition) is 1. The Morgan fingerprint density at radius 1 is 1.22 bits per heavy atom. The van der Waals surface area contributed by atoms with E-state index in [1.807, 2.05) is 12.1 Å². The number of benzene rings is 1. The number of nitrogens with zero attached hydrogens (tertiary/aromatic N) is 2. The average molecular weight is 313 g/mol. The molecule has 0 atom stereocenters. The van der Waals surface area contributed by atoms with Crippen molar-refractivity contribution in [1.82, 2.24) is 4.98 Å². The van der Waals surface area contributed by atoms with Crippen LogP contribution in [0.5, 0.6) is 0 Å². The van der Waals surface area contributed by atoms with E-state index in [0.717, 1.165) is 24.5 Å². The van der Waals surface area contributed by atoms with Crippen LogP contribution in [-0.2, 0) is 11.2 Å². The molecule has 0 spiro atoms. The maximum absolute atomic E-state index is 12.0. The maximum Gasteiger partial charge on any atom is 0.224 e. The third-order valence-corrected chi connectivity index (χ3v) is 4.15. The highest BCUT2D eigenvalue weighted by atomic mass is 16.3. The van der Waals surface area contributed by atoms with Crippen LogP contribution in [0.4, 0.5) is 11.4 Å². The summed E-state index contributed by atoms with van der Waals surface area (Å²) in [5, 5.41) is 2.93. The largest absolute Gasteiger partial charge is 0.449 e. The van der Waals surface area contributed by atoms with Crippen LogP contribution in [0.3, 0.4) is 0 Å². The Bertz CT molecular complexity index is 643. The van der Waals surface area contributed by atoms with Gasteiger partial charge in [-0.3, -0.25) is 4.79 Å². The molecule has 1 aliphatic heterocycles. The van der Waals surface area contributed by atoms with E-state index in [1.165, 1.54) is 24.9 Å². The first-order valence-electron chi connectivity index (χ1n) is 8.26. The van der Waals surface area contributed by atoms with Crippen molar-refractivity contribution in [3.05, 3.63) is 42.1 Å². The number of hydrogen-bond acceptors (Lipinski definition) is 4. The van der Waals surface area contributed by atoms with E-state index >= 15 is 0 Å². The normalized spacial score (nSPS) is 14.7. The highest BCUT2D eigenvalue weighted by Gasteiger charge is 2.11. The van der Waals surface area contributed by atoms with Crippen LogP contribution in [0.2, 0.25) is 0 Å². The Morgan fingerprint density at radius 2 is 1.96 bits per heavy atom. The van der Waals surface area contributed by atoms with Crippen LogP contribution < -0.4 is 10.2 Å². The Hall–Kier alpha value is -2.30. The first kappa shape index (κ1) is 15.6. The predicted molar refractivity (Wildman–Crippen MR) is 90.7 cm³/mol. The molecule has 0 saturated carbocycles. The molecule has 0 bridgehead atoms. The van der Waals surface area contributed by atoms with E-state index in [4.69, 9.17) is 4.42 Å². The van der Waals surface area contributed by atoms with Crippen molar-refractivity contribution in [3.8, 4) is 0 Å². The smallest absolute Gasteiger partial charge is 0.224 e. The summed E-state index contributed by atoms with van der Waals surface area (Å²) >= 11 is 0. The molecule has 1 saturated heterocycles. The Morgan fingerprint density at radius 3 is 2.61 bits per heavy atom. The van der Waals surface area contributed by atoms with Crippen molar-refractivity contribution < 1.29 is 9.21 Å². The summed E-state index contributed by atoms with van der Waals surface area (Å²) in [5.74, 6) is 0.630. The van der Waals surface area contributed by atoms with Gasteiger partial charge in [0.25, 0.3) is 0 Å². The third-order valence-electron chi connectivity index (χ3n) is 4.15. The molecule has 3 rings (SSSR count). The van der Waals surface area contributed by atoms with Crippen LogP contribution in [0.25, 0.3) is 0 Å². The van der Waals surface area contributed by atoms with E-state index in [-0.39, 0.29) is 5.91 Å². The van der Waals surface area contributed by atoms with Gasteiger partial charge in [0, 0.05) is 44.2 Å². The van der Waals surface area contributed by atoms with Crippen LogP contribution in [0.1, 0.15) is 37.3 Å². The molecule has 1 amide bonds. The van der Waals surface area contributed by atoms with E-state index in [0.29, 0.717) is 18.7 Å². The van der Waals surface area contributed by atoms with Crippen molar-refractivity contribution in [2.24, 2.45) is 0 Å². The zero-order chi connectivity index (χ0) is 16.1. The molecular weight excluding hydrogens is 290 g/mol. The number of nitrogens with one attached hydrogen (secondary N) is 1. The monoisotopic (exact) mass is 313 g/mol. The minimum atomic E-state index is -0.00336. The maximum atomic E-state index is 12.0. The van der Waals surface area contributed by atoms with Gasteiger partial charge in [-0.1, -0.05) is 0 Å². The van der Waals surface area contributed by atoms with E-state index in [1.54, 1.807) is 13.2 Å². The summed E-state index contributed by atoms with van der Waals surface area (Å²) < 4.78 is 5.14. The molecule has 1 N–H and O–H groups in total. The van der Waals surface area contributed by atoms with Gasteiger partial charge in [-0.05, 0) is 43.5 Å². The Balaban J connectivity index is 1.50. The topological polar surface area (TPSA) is 58.4 Å². The van der Waals surface area contributed by atoms with Crippen LogP contribution >= 0.6 is 0 Å². The van der Waals surface area contributed by atoms with Gasteiger partial charge in [0.15, 0.2) is 5.89 Å². The van der Waals surface area contributed by atoms with Gasteiger partial charge >= 0.3 is 0 Å². The van der Waals surface area contributed by atoms with Gasteiger partial charge in [0.05, 0.1) is 5.69 Å². The molecule has 2 heterocycles. The fourth-order valence-corrected chi connectivity index (χ4v) is 2.90. The molecule has 122 valence electrons. The van der Waals surface area contributed by atoms with Gasteiger partial charge in [0.1, 0.15) is 6.26 Å². The lowest BCUT2D eigenvalue weighted by molar-refractivity contribution is -0.116. The van der Waals surface area contributed by atoms with Crippen molar-refractivity contribution in [2.75, 3.05) is 23.3 Å². The fourth-order valence-electron chi connectivity index (χ4n) is 2.90. The number of carbonyl (C=O) groups is 1. The number of oxazole rings is 1. The number of aryl methyl sites for hydroxylation is 2. The van der Waals surface area contributed by atoms with Crippen LogP contribution in [0, 0.1) is 6.92 Å². The quantitative estimate of drug-likeness (QED) is 0.917. The molecule has 2 aromatic rings. The average Bonchev–Trinajstić information content (AvgIpc) is 3.00. The van der Waals surface area contributed by atoms with Crippen LogP contribution in [0.15, 0.2) is 34.9 Å². The number of amides is 1. The second-order valence-corrected chi connectivity index (χ2v) is 6.00. The molecule has 0 unspecified atom stereocenters.